The van der Waals surface area contributed by atoms with Gasteiger partial charge in [-0.15, -0.1) is 0 Å². The third-order valence-corrected chi connectivity index (χ3v) is 2.29. The van der Waals surface area contributed by atoms with Crippen molar-refractivity contribution >= 4 is 5.69 Å². The Kier molecular flexibility index (Phi) is 3.01. The summed E-state index contributed by atoms with van der Waals surface area (Å²) in [6, 6.07) is 6.77. The topological polar surface area (TPSA) is 43.1 Å². The Bertz CT molecular complexity index is 292. The van der Waals surface area contributed by atoms with E-state index in [-0.39, 0.29) is 10.6 Å². The van der Waals surface area contributed by atoms with E-state index >= 15 is 0 Å². The Balaban J connectivity index is 2.87. The van der Waals surface area contributed by atoms with Crippen LogP contribution in [0.2, 0.25) is 0 Å². The second kappa shape index (κ2) is 4.03. The normalized spacial score (nSPS) is 12.5. The summed E-state index contributed by atoms with van der Waals surface area (Å²) in [6.07, 6.45) is 1.05. The Labute approximate surface area is 77.5 Å². The second-order valence-corrected chi connectivity index (χ2v) is 3.16. The highest BCUT2D eigenvalue weighted by atomic mass is 16.6. The predicted molar refractivity (Wildman–Crippen MR) is 51.8 cm³/mol. The summed E-state index contributed by atoms with van der Waals surface area (Å²) in [5.74, 6) is 0.473. The molecule has 13 heavy (non-hydrogen) atoms. The highest BCUT2D eigenvalue weighted by Crippen LogP contribution is 2.21. The molecule has 0 heterocycles. The second-order valence-electron chi connectivity index (χ2n) is 3.16. The van der Waals surface area contributed by atoms with E-state index in [0.717, 1.165) is 12.0 Å². The summed E-state index contributed by atoms with van der Waals surface area (Å²) in [5, 5.41) is 10.4. The molecule has 0 aliphatic rings. The lowest BCUT2D eigenvalue weighted by atomic mass is 9.99. The quantitative estimate of drug-likeness (QED) is 0.528. The van der Waals surface area contributed by atoms with Crippen LogP contribution in [0.15, 0.2) is 24.3 Å². The van der Waals surface area contributed by atoms with Crippen molar-refractivity contribution in [3.8, 4) is 0 Å². The maximum absolute atomic E-state index is 10.4. The van der Waals surface area contributed by atoms with E-state index in [1.807, 2.05) is 12.1 Å². The number of nitrogens with zero attached hydrogens (tertiary/aromatic N) is 1. The molecule has 1 aromatic carbocycles. The zero-order valence-electron chi connectivity index (χ0n) is 7.86. The van der Waals surface area contributed by atoms with Gasteiger partial charge in [-0.3, -0.25) is 10.1 Å². The van der Waals surface area contributed by atoms with E-state index in [2.05, 4.69) is 13.8 Å². The molecule has 0 saturated carbocycles. The smallest absolute Gasteiger partial charge is 0.258 e. The van der Waals surface area contributed by atoms with Crippen LogP contribution in [0.1, 0.15) is 31.7 Å². The first kappa shape index (κ1) is 9.71. The van der Waals surface area contributed by atoms with Gasteiger partial charge in [-0.2, -0.15) is 0 Å². The number of non-ortho nitro benzene ring substituents is 1. The number of benzene rings is 1. The molecule has 0 radical (unpaired) electrons. The molecule has 70 valence electrons. The molecule has 1 atom stereocenters. The standard InChI is InChI=1S/C10H13NO2/c1-3-8(2)9-4-6-10(7-5-9)11(12)13/h4-8H,3H2,1-2H3/t8-/m0/s1. The Hall–Kier alpha value is -1.38. The van der Waals surface area contributed by atoms with Crippen LogP contribution in [0.5, 0.6) is 0 Å². The fourth-order valence-electron chi connectivity index (χ4n) is 1.16. The van der Waals surface area contributed by atoms with Crippen molar-refractivity contribution in [3.05, 3.63) is 39.9 Å². The number of hydrogen-bond acceptors (Lipinski definition) is 2. The van der Waals surface area contributed by atoms with Gasteiger partial charge in [0.25, 0.3) is 5.69 Å². The van der Waals surface area contributed by atoms with Gasteiger partial charge in [-0.25, -0.2) is 0 Å². The fourth-order valence-corrected chi connectivity index (χ4v) is 1.16. The molecule has 1 rings (SSSR count). The van der Waals surface area contributed by atoms with Gasteiger partial charge in [0.2, 0.25) is 0 Å². The van der Waals surface area contributed by atoms with E-state index in [4.69, 9.17) is 0 Å². The molecular weight excluding hydrogens is 166 g/mol. The van der Waals surface area contributed by atoms with Crippen LogP contribution in [0.3, 0.4) is 0 Å². The zero-order valence-corrected chi connectivity index (χ0v) is 7.86. The third kappa shape index (κ3) is 2.28. The first-order chi connectivity index (χ1) is 6.15. The molecule has 0 N–H and O–H groups in total. The molecule has 1 aromatic rings. The molecule has 0 amide bonds. The summed E-state index contributed by atoms with van der Waals surface area (Å²) >= 11 is 0. The molecule has 0 aromatic heterocycles. The molecule has 0 aliphatic heterocycles. The van der Waals surface area contributed by atoms with Crippen LogP contribution in [-0.4, -0.2) is 4.92 Å². The van der Waals surface area contributed by atoms with Gasteiger partial charge in [0, 0.05) is 12.1 Å². The third-order valence-electron chi connectivity index (χ3n) is 2.29. The van der Waals surface area contributed by atoms with Gasteiger partial charge in [-0.1, -0.05) is 26.0 Å². The number of rotatable bonds is 3. The Morgan fingerprint density at radius 1 is 1.38 bits per heavy atom. The van der Waals surface area contributed by atoms with Crippen LogP contribution >= 0.6 is 0 Å². The SMILES string of the molecule is CC[C@H](C)c1ccc([N+](=O)[O-])cc1. The maximum atomic E-state index is 10.4. The number of nitro benzene ring substituents is 1. The maximum Gasteiger partial charge on any atom is 0.269 e. The summed E-state index contributed by atoms with van der Waals surface area (Å²) in [4.78, 5) is 9.98. The van der Waals surface area contributed by atoms with Gasteiger partial charge in [0.05, 0.1) is 4.92 Å². The lowest BCUT2D eigenvalue weighted by Gasteiger charge is -2.07. The van der Waals surface area contributed by atoms with E-state index in [9.17, 15) is 10.1 Å². The van der Waals surface area contributed by atoms with Crippen molar-refractivity contribution in [1.29, 1.82) is 0 Å². The number of hydrogen-bond donors (Lipinski definition) is 0. The van der Waals surface area contributed by atoms with Crippen molar-refractivity contribution in [2.75, 3.05) is 0 Å². The minimum absolute atomic E-state index is 0.159. The molecule has 3 nitrogen and oxygen atoms in total. The molecule has 0 saturated heterocycles. The van der Waals surface area contributed by atoms with E-state index in [1.54, 1.807) is 12.1 Å². The lowest BCUT2D eigenvalue weighted by molar-refractivity contribution is -0.384. The Morgan fingerprint density at radius 3 is 2.31 bits per heavy atom. The molecule has 0 aliphatic carbocycles. The molecular formula is C10H13NO2. The first-order valence-corrected chi connectivity index (χ1v) is 4.39. The highest BCUT2D eigenvalue weighted by Gasteiger charge is 2.06. The zero-order chi connectivity index (χ0) is 9.84. The van der Waals surface area contributed by atoms with Gasteiger partial charge in [0.1, 0.15) is 0 Å². The first-order valence-electron chi connectivity index (χ1n) is 4.39. The van der Waals surface area contributed by atoms with Crippen LogP contribution < -0.4 is 0 Å². The predicted octanol–water partition coefficient (Wildman–Crippen LogP) is 3.11. The molecule has 0 spiro atoms. The summed E-state index contributed by atoms with van der Waals surface area (Å²) < 4.78 is 0. The Morgan fingerprint density at radius 2 is 1.92 bits per heavy atom. The van der Waals surface area contributed by atoms with Crippen LogP contribution in [-0.2, 0) is 0 Å². The molecule has 0 fully saturated rings. The van der Waals surface area contributed by atoms with Crippen molar-refractivity contribution in [1.82, 2.24) is 0 Å². The average molecular weight is 179 g/mol. The lowest BCUT2D eigenvalue weighted by Crippen LogP contribution is -1.92. The van der Waals surface area contributed by atoms with Crippen LogP contribution in [0, 0.1) is 10.1 Å². The molecule has 0 unspecified atom stereocenters. The minimum atomic E-state index is -0.375. The monoisotopic (exact) mass is 179 g/mol. The van der Waals surface area contributed by atoms with Crippen molar-refractivity contribution in [3.63, 3.8) is 0 Å². The van der Waals surface area contributed by atoms with Crippen LogP contribution in [0.4, 0.5) is 5.69 Å². The van der Waals surface area contributed by atoms with Crippen molar-refractivity contribution < 1.29 is 4.92 Å². The number of nitro groups is 1. The van der Waals surface area contributed by atoms with Crippen LogP contribution in [0.25, 0.3) is 0 Å². The fraction of sp³-hybridized carbons (Fsp3) is 0.400. The van der Waals surface area contributed by atoms with Gasteiger partial charge < -0.3 is 0 Å². The minimum Gasteiger partial charge on any atom is -0.258 e. The summed E-state index contributed by atoms with van der Waals surface area (Å²) in [5.41, 5.74) is 1.32. The van der Waals surface area contributed by atoms with Gasteiger partial charge in [-0.05, 0) is 17.9 Å². The van der Waals surface area contributed by atoms with Crippen molar-refractivity contribution in [2.24, 2.45) is 0 Å². The van der Waals surface area contributed by atoms with E-state index in [0.29, 0.717) is 5.92 Å². The van der Waals surface area contributed by atoms with Crippen molar-refractivity contribution in [2.45, 2.75) is 26.2 Å². The summed E-state index contributed by atoms with van der Waals surface area (Å²) in [7, 11) is 0. The largest absolute Gasteiger partial charge is 0.269 e. The average Bonchev–Trinajstić information content (AvgIpc) is 2.17. The van der Waals surface area contributed by atoms with Gasteiger partial charge in [0.15, 0.2) is 0 Å². The highest BCUT2D eigenvalue weighted by molar-refractivity contribution is 5.34. The molecule has 3 heteroatoms. The van der Waals surface area contributed by atoms with E-state index < -0.39 is 0 Å². The summed E-state index contributed by atoms with van der Waals surface area (Å²) in [6.45, 7) is 4.22. The van der Waals surface area contributed by atoms with Gasteiger partial charge >= 0.3 is 0 Å². The van der Waals surface area contributed by atoms with E-state index in [1.165, 1.54) is 0 Å². The molecule has 0 bridgehead atoms.